The number of Topliss-reactive ketones (excluding diaryl/α,β-unsaturated/α-hetero) is 1. The lowest BCUT2D eigenvalue weighted by Gasteiger charge is -2.32. The van der Waals surface area contributed by atoms with Gasteiger partial charge in [0.1, 0.15) is 5.82 Å². The summed E-state index contributed by atoms with van der Waals surface area (Å²) >= 11 is 0. The van der Waals surface area contributed by atoms with Crippen molar-refractivity contribution in [3.63, 3.8) is 0 Å². The van der Waals surface area contributed by atoms with Crippen LogP contribution in [0.15, 0.2) is 42.5 Å². The standard InChI is InChI=1S/C17H16FNO/c1-12(20)17-15(18)7-4-8-16(17)19-10-9-13-5-2-3-6-14(13)11-19/h2-8H,9-11H2,1H3. The van der Waals surface area contributed by atoms with Gasteiger partial charge in [0.15, 0.2) is 5.78 Å². The summed E-state index contributed by atoms with van der Waals surface area (Å²) in [6.45, 7) is 2.94. The van der Waals surface area contributed by atoms with E-state index in [0.717, 1.165) is 19.5 Å². The molecule has 0 unspecified atom stereocenters. The molecule has 0 fully saturated rings. The van der Waals surface area contributed by atoms with Crippen LogP contribution in [0.3, 0.4) is 0 Å². The summed E-state index contributed by atoms with van der Waals surface area (Å²) in [5, 5.41) is 0. The van der Waals surface area contributed by atoms with E-state index in [1.54, 1.807) is 6.07 Å². The maximum absolute atomic E-state index is 13.9. The van der Waals surface area contributed by atoms with Gasteiger partial charge in [-0.3, -0.25) is 4.79 Å². The molecule has 1 aliphatic heterocycles. The Morgan fingerprint density at radius 3 is 2.60 bits per heavy atom. The molecule has 0 atom stereocenters. The summed E-state index contributed by atoms with van der Waals surface area (Å²) < 4.78 is 13.9. The van der Waals surface area contributed by atoms with Crippen LogP contribution < -0.4 is 4.90 Å². The summed E-state index contributed by atoms with van der Waals surface area (Å²) in [7, 11) is 0. The Morgan fingerprint density at radius 2 is 1.85 bits per heavy atom. The first kappa shape index (κ1) is 12.9. The minimum atomic E-state index is -0.436. The van der Waals surface area contributed by atoms with Crippen molar-refractivity contribution in [2.45, 2.75) is 19.9 Å². The molecule has 20 heavy (non-hydrogen) atoms. The Morgan fingerprint density at radius 1 is 1.10 bits per heavy atom. The largest absolute Gasteiger partial charge is 0.366 e. The minimum absolute atomic E-state index is 0.201. The fourth-order valence-electron chi connectivity index (χ4n) is 2.83. The summed E-state index contributed by atoms with van der Waals surface area (Å²) in [6, 6.07) is 13.1. The maximum atomic E-state index is 13.9. The highest BCUT2D eigenvalue weighted by Gasteiger charge is 2.21. The second kappa shape index (κ2) is 5.08. The van der Waals surface area contributed by atoms with E-state index in [4.69, 9.17) is 0 Å². The Hall–Kier alpha value is -2.16. The summed E-state index contributed by atoms with van der Waals surface area (Å²) in [6.07, 6.45) is 0.921. The predicted octanol–water partition coefficient (Wildman–Crippen LogP) is 3.59. The molecule has 1 heterocycles. The number of fused-ring (bicyclic) bond motifs is 1. The third kappa shape index (κ3) is 2.20. The fourth-order valence-corrected chi connectivity index (χ4v) is 2.83. The number of halogens is 1. The fraction of sp³-hybridized carbons (Fsp3) is 0.235. The lowest BCUT2D eigenvalue weighted by molar-refractivity contribution is 0.101. The van der Waals surface area contributed by atoms with Gasteiger partial charge in [-0.15, -0.1) is 0 Å². The second-order valence-corrected chi connectivity index (χ2v) is 5.13. The van der Waals surface area contributed by atoms with Gasteiger partial charge in [0.05, 0.1) is 11.3 Å². The summed E-state index contributed by atoms with van der Waals surface area (Å²) in [5.74, 6) is -0.661. The Labute approximate surface area is 117 Å². The predicted molar refractivity (Wildman–Crippen MR) is 77.6 cm³/mol. The van der Waals surface area contributed by atoms with Crippen LogP contribution in [0.1, 0.15) is 28.4 Å². The van der Waals surface area contributed by atoms with Gasteiger partial charge in [0.2, 0.25) is 0 Å². The van der Waals surface area contributed by atoms with Gasteiger partial charge in [0, 0.05) is 13.1 Å². The van der Waals surface area contributed by atoms with Gasteiger partial charge in [-0.1, -0.05) is 30.3 Å². The first-order valence-electron chi connectivity index (χ1n) is 6.78. The molecular weight excluding hydrogens is 253 g/mol. The van der Waals surface area contributed by atoms with Gasteiger partial charge in [-0.25, -0.2) is 4.39 Å². The van der Waals surface area contributed by atoms with Gasteiger partial charge in [-0.2, -0.15) is 0 Å². The Bertz CT molecular complexity index is 666. The molecule has 0 saturated carbocycles. The van der Waals surface area contributed by atoms with Gasteiger partial charge in [0.25, 0.3) is 0 Å². The van der Waals surface area contributed by atoms with Crippen molar-refractivity contribution in [1.29, 1.82) is 0 Å². The molecule has 0 N–H and O–H groups in total. The van der Waals surface area contributed by atoms with Crippen LogP contribution in [0, 0.1) is 5.82 Å². The van der Waals surface area contributed by atoms with Gasteiger partial charge in [-0.05, 0) is 36.6 Å². The van der Waals surface area contributed by atoms with Crippen molar-refractivity contribution in [1.82, 2.24) is 0 Å². The van der Waals surface area contributed by atoms with Crippen LogP contribution in [0.4, 0.5) is 10.1 Å². The number of rotatable bonds is 2. The van der Waals surface area contributed by atoms with E-state index in [0.29, 0.717) is 5.69 Å². The molecule has 2 aromatic carbocycles. The van der Waals surface area contributed by atoms with Gasteiger partial charge < -0.3 is 4.90 Å². The van der Waals surface area contributed by atoms with E-state index < -0.39 is 5.82 Å². The third-order valence-electron chi connectivity index (χ3n) is 3.82. The molecule has 2 nitrogen and oxygen atoms in total. The number of anilines is 1. The lowest BCUT2D eigenvalue weighted by atomic mass is 9.98. The van der Waals surface area contributed by atoms with E-state index >= 15 is 0 Å². The molecule has 0 bridgehead atoms. The average molecular weight is 269 g/mol. The molecule has 0 amide bonds. The highest BCUT2D eigenvalue weighted by molar-refractivity contribution is 6.00. The minimum Gasteiger partial charge on any atom is -0.366 e. The van der Waals surface area contributed by atoms with Crippen LogP contribution in [0.25, 0.3) is 0 Å². The highest BCUT2D eigenvalue weighted by atomic mass is 19.1. The molecule has 0 spiro atoms. The summed E-state index contributed by atoms with van der Waals surface area (Å²) in [5.41, 5.74) is 3.49. The maximum Gasteiger partial charge on any atom is 0.164 e. The zero-order valence-corrected chi connectivity index (χ0v) is 11.4. The normalized spacial score (nSPS) is 14.0. The van der Waals surface area contributed by atoms with Crippen molar-refractivity contribution < 1.29 is 9.18 Å². The number of nitrogens with zero attached hydrogens (tertiary/aromatic N) is 1. The molecule has 3 rings (SSSR count). The summed E-state index contributed by atoms with van der Waals surface area (Å²) in [4.78, 5) is 13.8. The van der Waals surface area contributed by atoms with E-state index in [1.165, 1.54) is 24.1 Å². The second-order valence-electron chi connectivity index (χ2n) is 5.13. The number of hydrogen-bond donors (Lipinski definition) is 0. The Balaban J connectivity index is 2.00. The third-order valence-corrected chi connectivity index (χ3v) is 3.82. The molecule has 1 aliphatic rings. The van der Waals surface area contributed by atoms with Gasteiger partial charge >= 0.3 is 0 Å². The quantitative estimate of drug-likeness (QED) is 0.776. The van der Waals surface area contributed by atoms with Crippen LogP contribution in [-0.4, -0.2) is 12.3 Å². The SMILES string of the molecule is CC(=O)c1c(F)cccc1N1CCc2ccccc2C1. The van der Waals surface area contributed by atoms with Crippen molar-refractivity contribution in [2.75, 3.05) is 11.4 Å². The topological polar surface area (TPSA) is 20.3 Å². The van der Waals surface area contributed by atoms with Crippen LogP contribution in [0.5, 0.6) is 0 Å². The van der Waals surface area contributed by atoms with Crippen molar-refractivity contribution in [3.05, 3.63) is 65.0 Å². The molecule has 102 valence electrons. The first-order chi connectivity index (χ1) is 9.66. The van der Waals surface area contributed by atoms with Crippen molar-refractivity contribution in [3.8, 4) is 0 Å². The Kier molecular flexibility index (Phi) is 3.26. The smallest absolute Gasteiger partial charge is 0.164 e. The molecular formula is C17H16FNO. The number of benzene rings is 2. The van der Waals surface area contributed by atoms with E-state index in [2.05, 4.69) is 17.0 Å². The number of carbonyl (C=O) groups excluding carboxylic acids is 1. The van der Waals surface area contributed by atoms with E-state index in [1.807, 2.05) is 18.2 Å². The monoisotopic (exact) mass is 269 g/mol. The highest BCUT2D eigenvalue weighted by Crippen LogP contribution is 2.29. The number of carbonyl (C=O) groups is 1. The zero-order chi connectivity index (χ0) is 14.1. The molecule has 0 aliphatic carbocycles. The van der Waals surface area contributed by atoms with Crippen LogP contribution in [-0.2, 0) is 13.0 Å². The van der Waals surface area contributed by atoms with Crippen LogP contribution >= 0.6 is 0 Å². The number of ketones is 1. The molecule has 2 aromatic rings. The van der Waals surface area contributed by atoms with Crippen molar-refractivity contribution in [2.24, 2.45) is 0 Å². The molecule has 3 heteroatoms. The average Bonchev–Trinajstić information content (AvgIpc) is 2.46. The molecule has 0 saturated heterocycles. The van der Waals surface area contributed by atoms with E-state index in [-0.39, 0.29) is 11.3 Å². The zero-order valence-electron chi connectivity index (χ0n) is 11.4. The first-order valence-corrected chi connectivity index (χ1v) is 6.78. The lowest BCUT2D eigenvalue weighted by Crippen LogP contribution is -2.31. The molecule has 0 aromatic heterocycles. The van der Waals surface area contributed by atoms with Crippen LogP contribution in [0.2, 0.25) is 0 Å². The molecule has 0 radical (unpaired) electrons. The number of hydrogen-bond acceptors (Lipinski definition) is 2. The van der Waals surface area contributed by atoms with Crippen molar-refractivity contribution >= 4 is 11.5 Å². The van der Waals surface area contributed by atoms with E-state index in [9.17, 15) is 9.18 Å².